The molecule has 4 nitrogen and oxygen atoms in total. The van der Waals surface area contributed by atoms with Crippen LogP contribution in [0.3, 0.4) is 0 Å². The van der Waals surface area contributed by atoms with Crippen LogP contribution in [0.25, 0.3) is 11.3 Å². The maximum absolute atomic E-state index is 10.2. The Morgan fingerprint density at radius 3 is 2.88 bits per heavy atom. The predicted octanol–water partition coefficient (Wildman–Crippen LogP) is 2.76. The van der Waals surface area contributed by atoms with Gasteiger partial charge in [-0.15, -0.1) is 0 Å². The van der Waals surface area contributed by atoms with Gasteiger partial charge >= 0.3 is 0 Å². The summed E-state index contributed by atoms with van der Waals surface area (Å²) in [6.45, 7) is 0. The van der Waals surface area contributed by atoms with Crippen molar-refractivity contribution >= 4 is 23.4 Å². The van der Waals surface area contributed by atoms with Crippen molar-refractivity contribution in [1.82, 2.24) is 9.97 Å². The first-order valence-corrected chi connectivity index (χ1v) is 4.83. The zero-order valence-corrected chi connectivity index (χ0v) is 8.85. The van der Waals surface area contributed by atoms with Crippen molar-refractivity contribution in [3.63, 3.8) is 0 Å². The quantitative estimate of drug-likeness (QED) is 0.590. The molecule has 2 rings (SSSR count). The summed E-state index contributed by atoms with van der Waals surface area (Å²) in [5, 5.41) is 0.367. The minimum Gasteiger partial charge on any atom is -0.261 e. The van der Waals surface area contributed by atoms with Gasteiger partial charge in [0.1, 0.15) is 0 Å². The predicted molar refractivity (Wildman–Crippen MR) is 60.3 cm³/mol. The van der Waals surface area contributed by atoms with Crippen molar-refractivity contribution < 1.29 is 4.79 Å². The van der Waals surface area contributed by atoms with E-state index >= 15 is 0 Å². The van der Waals surface area contributed by atoms with E-state index in [1.54, 1.807) is 36.8 Å². The van der Waals surface area contributed by atoms with Gasteiger partial charge in [-0.05, 0) is 6.07 Å². The average Bonchev–Trinajstić information content (AvgIpc) is 2.33. The van der Waals surface area contributed by atoms with Crippen LogP contribution >= 0.6 is 11.6 Å². The van der Waals surface area contributed by atoms with Gasteiger partial charge in [0.2, 0.25) is 6.08 Å². The summed E-state index contributed by atoms with van der Waals surface area (Å²) in [4.78, 5) is 21.8. The molecule has 0 N–H and O–H groups in total. The van der Waals surface area contributed by atoms with Gasteiger partial charge in [0.05, 0.1) is 22.6 Å². The third-order valence-corrected chi connectivity index (χ3v) is 2.38. The Bertz CT molecular complexity index is 550. The first-order chi connectivity index (χ1) is 7.83. The zero-order chi connectivity index (χ0) is 11.4. The van der Waals surface area contributed by atoms with Crippen molar-refractivity contribution in [1.29, 1.82) is 0 Å². The fourth-order valence-electron chi connectivity index (χ4n) is 1.29. The average molecular weight is 232 g/mol. The van der Waals surface area contributed by atoms with E-state index in [1.165, 1.54) is 6.08 Å². The van der Waals surface area contributed by atoms with Crippen LogP contribution in [0.5, 0.6) is 0 Å². The summed E-state index contributed by atoms with van der Waals surface area (Å²) in [5.74, 6) is 0. The monoisotopic (exact) mass is 231 g/mol. The molecule has 16 heavy (non-hydrogen) atoms. The van der Waals surface area contributed by atoms with Crippen molar-refractivity contribution in [3.05, 3.63) is 41.8 Å². The number of hydrogen-bond acceptors (Lipinski definition) is 4. The standard InChI is InChI=1S/C11H6ClN3O/c12-11-8(10-6-13-4-5-14-10)2-1-3-9(11)15-7-16/h1-6H. The highest BCUT2D eigenvalue weighted by Crippen LogP contribution is 2.33. The first-order valence-electron chi connectivity index (χ1n) is 4.45. The molecule has 1 aromatic heterocycles. The fourth-order valence-corrected chi connectivity index (χ4v) is 1.56. The van der Waals surface area contributed by atoms with E-state index in [1.807, 2.05) is 0 Å². The van der Waals surface area contributed by atoms with Crippen LogP contribution in [-0.2, 0) is 4.79 Å². The van der Waals surface area contributed by atoms with E-state index in [9.17, 15) is 4.79 Å². The summed E-state index contributed by atoms with van der Waals surface area (Å²) in [6, 6.07) is 5.16. The second-order valence-corrected chi connectivity index (χ2v) is 3.31. The van der Waals surface area contributed by atoms with Gasteiger partial charge in [0, 0.05) is 18.0 Å². The Labute approximate surface area is 96.7 Å². The van der Waals surface area contributed by atoms with Gasteiger partial charge in [0.25, 0.3) is 0 Å². The lowest BCUT2D eigenvalue weighted by Gasteiger charge is -2.03. The number of nitrogens with zero attached hydrogens (tertiary/aromatic N) is 3. The van der Waals surface area contributed by atoms with Gasteiger partial charge in [-0.1, -0.05) is 23.7 Å². The second kappa shape index (κ2) is 4.66. The lowest BCUT2D eigenvalue weighted by atomic mass is 10.1. The molecule has 0 saturated carbocycles. The summed E-state index contributed by atoms with van der Waals surface area (Å²) < 4.78 is 0. The number of benzene rings is 1. The largest absolute Gasteiger partial charge is 0.261 e. The number of hydrogen-bond donors (Lipinski definition) is 0. The molecule has 0 saturated heterocycles. The van der Waals surface area contributed by atoms with Gasteiger partial charge in [-0.3, -0.25) is 9.97 Å². The van der Waals surface area contributed by atoms with Crippen LogP contribution in [0, 0.1) is 0 Å². The minimum absolute atomic E-state index is 0.367. The summed E-state index contributed by atoms with van der Waals surface area (Å²) >= 11 is 6.08. The van der Waals surface area contributed by atoms with Crippen molar-refractivity contribution in [2.24, 2.45) is 4.99 Å². The lowest BCUT2D eigenvalue weighted by Crippen LogP contribution is -1.85. The minimum atomic E-state index is 0.367. The zero-order valence-electron chi connectivity index (χ0n) is 8.09. The van der Waals surface area contributed by atoms with E-state index in [2.05, 4.69) is 15.0 Å². The molecule has 0 bridgehead atoms. The molecule has 2 aromatic rings. The van der Waals surface area contributed by atoms with Crippen molar-refractivity contribution in [3.8, 4) is 11.3 Å². The molecule has 0 aliphatic rings. The summed E-state index contributed by atoms with van der Waals surface area (Å²) in [5.41, 5.74) is 1.70. The van der Waals surface area contributed by atoms with Gasteiger partial charge in [0.15, 0.2) is 0 Å². The molecule has 1 heterocycles. The molecule has 1 aromatic carbocycles. The van der Waals surface area contributed by atoms with Crippen LogP contribution in [-0.4, -0.2) is 16.0 Å². The molecule has 0 aliphatic carbocycles. The van der Waals surface area contributed by atoms with E-state index in [0.29, 0.717) is 22.0 Å². The topological polar surface area (TPSA) is 55.2 Å². The van der Waals surface area contributed by atoms with Crippen LogP contribution in [0.4, 0.5) is 5.69 Å². The highest BCUT2D eigenvalue weighted by atomic mass is 35.5. The van der Waals surface area contributed by atoms with Crippen LogP contribution in [0.15, 0.2) is 41.8 Å². The van der Waals surface area contributed by atoms with Crippen molar-refractivity contribution in [2.75, 3.05) is 0 Å². The molecule has 0 fully saturated rings. The van der Waals surface area contributed by atoms with Crippen LogP contribution in [0.1, 0.15) is 0 Å². The summed E-state index contributed by atoms with van der Waals surface area (Å²) in [7, 11) is 0. The molecule has 0 unspecified atom stereocenters. The second-order valence-electron chi connectivity index (χ2n) is 2.93. The summed E-state index contributed by atoms with van der Waals surface area (Å²) in [6.07, 6.45) is 6.20. The Balaban J connectivity index is 2.59. The fraction of sp³-hybridized carbons (Fsp3) is 0. The molecule has 0 aliphatic heterocycles. The SMILES string of the molecule is O=C=Nc1cccc(-c2cnccn2)c1Cl. The van der Waals surface area contributed by atoms with E-state index in [0.717, 1.165) is 0 Å². The van der Waals surface area contributed by atoms with Crippen LogP contribution in [0.2, 0.25) is 5.02 Å². The molecular weight excluding hydrogens is 226 g/mol. The number of aromatic nitrogens is 2. The Hall–Kier alpha value is -2.03. The Morgan fingerprint density at radius 1 is 1.31 bits per heavy atom. The van der Waals surface area contributed by atoms with Crippen LogP contribution < -0.4 is 0 Å². The van der Waals surface area contributed by atoms with E-state index in [4.69, 9.17) is 11.6 Å². The highest BCUT2D eigenvalue weighted by molar-refractivity contribution is 6.35. The molecule has 0 atom stereocenters. The molecule has 0 radical (unpaired) electrons. The van der Waals surface area contributed by atoms with E-state index < -0.39 is 0 Å². The highest BCUT2D eigenvalue weighted by Gasteiger charge is 2.08. The molecule has 0 amide bonds. The third kappa shape index (κ3) is 1.98. The normalized spacial score (nSPS) is 9.56. The van der Waals surface area contributed by atoms with Crippen molar-refractivity contribution in [2.45, 2.75) is 0 Å². The molecule has 0 spiro atoms. The lowest BCUT2D eigenvalue weighted by molar-refractivity contribution is 0.565. The van der Waals surface area contributed by atoms with E-state index in [-0.39, 0.29) is 0 Å². The molecule has 5 heteroatoms. The number of rotatable bonds is 2. The molecular formula is C11H6ClN3O. The molecule has 78 valence electrons. The Morgan fingerprint density at radius 2 is 2.19 bits per heavy atom. The number of carbonyl (C=O) groups excluding carboxylic acids is 1. The third-order valence-electron chi connectivity index (χ3n) is 1.98. The first kappa shape index (κ1) is 10.5. The van der Waals surface area contributed by atoms with Gasteiger partial charge in [-0.2, -0.15) is 4.99 Å². The number of aliphatic imine (C=N–C) groups is 1. The Kier molecular flexibility index (Phi) is 3.05. The number of halogens is 1. The number of isocyanates is 1. The van der Waals surface area contributed by atoms with Gasteiger partial charge in [-0.25, -0.2) is 4.79 Å². The smallest absolute Gasteiger partial charge is 0.240 e. The van der Waals surface area contributed by atoms with Gasteiger partial charge < -0.3 is 0 Å². The maximum atomic E-state index is 10.2. The maximum Gasteiger partial charge on any atom is 0.240 e.